The fourth-order valence-electron chi connectivity index (χ4n) is 2.87. The van der Waals surface area contributed by atoms with Gasteiger partial charge >= 0.3 is 0 Å². The number of benzene rings is 2. The number of hydroxylamine groups is 1. The van der Waals surface area contributed by atoms with Crippen LogP contribution >= 0.6 is 0 Å². The maximum absolute atomic E-state index is 13.2. The van der Waals surface area contributed by atoms with Crippen LogP contribution in [0.2, 0.25) is 0 Å². The molecule has 2 rings (SSSR count). The van der Waals surface area contributed by atoms with Gasteiger partial charge in [0.05, 0.1) is 12.7 Å². The Morgan fingerprint density at radius 1 is 1.03 bits per heavy atom. The highest BCUT2D eigenvalue weighted by atomic mass is 16.5. The van der Waals surface area contributed by atoms with Crippen molar-refractivity contribution in [2.24, 2.45) is 0 Å². The van der Waals surface area contributed by atoms with Crippen LogP contribution in [0.15, 0.2) is 48.5 Å². The number of para-hydroxylation sites is 1. The molecule has 3 amide bonds. The van der Waals surface area contributed by atoms with E-state index in [1.165, 1.54) is 24.1 Å². The van der Waals surface area contributed by atoms with E-state index in [1.807, 2.05) is 20.8 Å². The number of rotatable bonds is 7. The highest BCUT2D eigenvalue weighted by Gasteiger charge is 2.24. The third-order valence-corrected chi connectivity index (χ3v) is 4.16. The predicted molar refractivity (Wildman–Crippen MR) is 111 cm³/mol. The van der Waals surface area contributed by atoms with Crippen molar-refractivity contribution in [2.75, 3.05) is 13.7 Å². The van der Waals surface area contributed by atoms with Gasteiger partial charge in [-0.15, -0.1) is 0 Å². The van der Waals surface area contributed by atoms with Gasteiger partial charge in [-0.05, 0) is 50.6 Å². The summed E-state index contributed by atoms with van der Waals surface area (Å²) in [6.45, 7) is 5.59. The Labute approximate surface area is 175 Å². The minimum absolute atomic E-state index is 0.146. The van der Waals surface area contributed by atoms with Gasteiger partial charge in [-0.2, -0.15) is 0 Å². The quantitative estimate of drug-likeness (QED) is 0.477. The molecule has 30 heavy (non-hydrogen) atoms. The van der Waals surface area contributed by atoms with Crippen LogP contribution < -0.4 is 15.5 Å². The largest absolute Gasteiger partial charge is 0.496 e. The molecule has 0 spiro atoms. The summed E-state index contributed by atoms with van der Waals surface area (Å²) in [6, 6.07) is 13.2. The SMILES string of the molecule is COc1ccccc1C(=O)N(CC(=O)NC(C)(C)C)Cc1ccc(C(=O)NO)cc1. The van der Waals surface area contributed by atoms with Gasteiger partial charge in [-0.1, -0.05) is 24.3 Å². The standard InChI is InChI=1S/C22H27N3O5/c1-22(2,3)23-19(26)14-25(21(28)17-7-5-6-8-18(17)30-4)13-15-9-11-16(12-10-15)20(27)24-29/h5-12,29H,13-14H2,1-4H3,(H,23,26)(H,24,27). The molecule has 160 valence electrons. The van der Waals surface area contributed by atoms with E-state index in [2.05, 4.69) is 5.32 Å². The number of nitrogens with one attached hydrogen (secondary N) is 2. The highest BCUT2D eigenvalue weighted by molar-refractivity contribution is 5.99. The number of ether oxygens (including phenoxy) is 1. The van der Waals surface area contributed by atoms with Crippen LogP contribution in [0.3, 0.4) is 0 Å². The Morgan fingerprint density at radius 3 is 2.23 bits per heavy atom. The second kappa shape index (κ2) is 9.89. The molecule has 0 radical (unpaired) electrons. The van der Waals surface area contributed by atoms with Crippen LogP contribution in [0.1, 0.15) is 47.1 Å². The summed E-state index contributed by atoms with van der Waals surface area (Å²) in [5, 5.41) is 11.6. The van der Waals surface area contributed by atoms with Crippen molar-refractivity contribution < 1.29 is 24.3 Å². The normalized spacial score (nSPS) is 10.8. The van der Waals surface area contributed by atoms with Gasteiger partial charge < -0.3 is 15.0 Å². The first kappa shape index (κ1) is 22.9. The van der Waals surface area contributed by atoms with Crippen molar-refractivity contribution in [3.63, 3.8) is 0 Å². The molecule has 0 unspecified atom stereocenters. The van der Waals surface area contributed by atoms with Crippen LogP contribution in [0.4, 0.5) is 0 Å². The number of nitrogens with zero attached hydrogens (tertiary/aromatic N) is 1. The molecule has 0 aliphatic rings. The van der Waals surface area contributed by atoms with E-state index in [0.29, 0.717) is 11.3 Å². The highest BCUT2D eigenvalue weighted by Crippen LogP contribution is 2.20. The second-order valence-corrected chi connectivity index (χ2v) is 7.80. The molecule has 0 atom stereocenters. The fraction of sp³-hybridized carbons (Fsp3) is 0.318. The van der Waals surface area contributed by atoms with Crippen molar-refractivity contribution in [1.82, 2.24) is 15.7 Å². The van der Waals surface area contributed by atoms with Gasteiger partial charge in [0.15, 0.2) is 0 Å². The first-order valence-electron chi connectivity index (χ1n) is 9.41. The van der Waals surface area contributed by atoms with Crippen molar-refractivity contribution in [1.29, 1.82) is 0 Å². The van der Waals surface area contributed by atoms with E-state index < -0.39 is 11.4 Å². The lowest BCUT2D eigenvalue weighted by Crippen LogP contribution is -2.47. The van der Waals surface area contributed by atoms with Gasteiger partial charge in [0, 0.05) is 17.6 Å². The molecule has 0 saturated heterocycles. The number of hydrogen-bond acceptors (Lipinski definition) is 5. The molecule has 8 nitrogen and oxygen atoms in total. The van der Waals surface area contributed by atoms with E-state index in [1.54, 1.807) is 41.9 Å². The van der Waals surface area contributed by atoms with Crippen molar-refractivity contribution in [3.8, 4) is 5.75 Å². The van der Waals surface area contributed by atoms with Crippen LogP contribution in [0.25, 0.3) is 0 Å². The maximum atomic E-state index is 13.2. The summed E-state index contributed by atoms with van der Waals surface area (Å²) in [5.74, 6) is -0.859. The topological polar surface area (TPSA) is 108 Å². The van der Waals surface area contributed by atoms with Crippen molar-refractivity contribution in [2.45, 2.75) is 32.9 Å². The van der Waals surface area contributed by atoms with Gasteiger partial charge in [-0.3, -0.25) is 19.6 Å². The molecule has 0 aliphatic carbocycles. The number of carbonyl (C=O) groups excluding carboxylic acids is 3. The molecule has 0 heterocycles. The minimum Gasteiger partial charge on any atom is -0.496 e. The molecule has 0 aliphatic heterocycles. The van der Waals surface area contributed by atoms with E-state index in [0.717, 1.165) is 5.56 Å². The summed E-state index contributed by atoms with van der Waals surface area (Å²) in [6.07, 6.45) is 0. The first-order valence-corrected chi connectivity index (χ1v) is 9.41. The smallest absolute Gasteiger partial charge is 0.274 e. The Morgan fingerprint density at radius 2 is 1.67 bits per heavy atom. The Kier molecular flexibility index (Phi) is 7.54. The lowest BCUT2D eigenvalue weighted by Gasteiger charge is -2.26. The molecule has 0 aromatic heterocycles. The third kappa shape index (κ3) is 6.31. The molecule has 2 aromatic rings. The number of methoxy groups -OCH3 is 1. The van der Waals surface area contributed by atoms with Gasteiger partial charge in [-0.25, -0.2) is 5.48 Å². The van der Waals surface area contributed by atoms with Gasteiger partial charge in [0.1, 0.15) is 12.3 Å². The molecular formula is C22H27N3O5. The zero-order chi connectivity index (χ0) is 22.3. The number of carbonyl (C=O) groups is 3. The predicted octanol–water partition coefficient (Wildman–Crippen LogP) is 2.37. The van der Waals surface area contributed by atoms with Gasteiger partial charge in [0.2, 0.25) is 5.91 Å². The summed E-state index contributed by atoms with van der Waals surface area (Å²) < 4.78 is 5.29. The Hall–Kier alpha value is -3.39. The first-order chi connectivity index (χ1) is 14.1. The van der Waals surface area contributed by atoms with E-state index in [4.69, 9.17) is 9.94 Å². The Bertz CT molecular complexity index is 904. The molecule has 0 bridgehead atoms. The summed E-state index contributed by atoms with van der Waals surface area (Å²) in [5.41, 5.74) is 2.47. The maximum Gasteiger partial charge on any atom is 0.274 e. The van der Waals surface area contributed by atoms with Crippen LogP contribution in [0, 0.1) is 0 Å². The summed E-state index contributed by atoms with van der Waals surface area (Å²) >= 11 is 0. The molecule has 8 heteroatoms. The lowest BCUT2D eigenvalue weighted by molar-refractivity contribution is -0.123. The molecule has 0 saturated carbocycles. The average Bonchev–Trinajstić information content (AvgIpc) is 2.71. The zero-order valence-corrected chi connectivity index (χ0v) is 17.6. The number of amides is 3. The molecule has 2 aromatic carbocycles. The van der Waals surface area contributed by atoms with Gasteiger partial charge in [0.25, 0.3) is 11.8 Å². The van der Waals surface area contributed by atoms with Crippen LogP contribution in [0.5, 0.6) is 5.75 Å². The molecule has 3 N–H and O–H groups in total. The zero-order valence-electron chi connectivity index (χ0n) is 17.6. The molecular weight excluding hydrogens is 386 g/mol. The summed E-state index contributed by atoms with van der Waals surface area (Å²) in [7, 11) is 1.48. The number of hydrogen-bond donors (Lipinski definition) is 3. The fourth-order valence-corrected chi connectivity index (χ4v) is 2.87. The average molecular weight is 413 g/mol. The van der Waals surface area contributed by atoms with E-state index in [9.17, 15) is 14.4 Å². The third-order valence-electron chi connectivity index (χ3n) is 4.16. The minimum atomic E-state index is -0.631. The van der Waals surface area contributed by atoms with E-state index in [-0.39, 0.29) is 30.5 Å². The Balaban J connectivity index is 2.29. The van der Waals surface area contributed by atoms with Crippen LogP contribution in [-0.2, 0) is 11.3 Å². The van der Waals surface area contributed by atoms with Crippen LogP contribution in [-0.4, -0.2) is 47.0 Å². The monoisotopic (exact) mass is 413 g/mol. The van der Waals surface area contributed by atoms with Crippen molar-refractivity contribution >= 4 is 17.7 Å². The van der Waals surface area contributed by atoms with E-state index >= 15 is 0 Å². The molecule has 0 fully saturated rings. The summed E-state index contributed by atoms with van der Waals surface area (Å²) in [4.78, 5) is 38.6. The lowest BCUT2D eigenvalue weighted by atomic mass is 10.1. The van der Waals surface area contributed by atoms with Crippen molar-refractivity contribution in [3.05, 3.63) is 65.2 Å². The second-order valence-electron chi connectivity index (χ2n) is 7.80.